The zero-order chi connectivity index (χ0) is 16.2. The molecular weight excluding hydrogens is 328 g/mol. The summed E-state index contributed by atoms with van der Waals surface area (Å²) >= 11 is 1.19. The lowest BCUT2D eigenvalue weighted by atomic mass is 10.2. The topological polar surface area (TPSA) is 94.6 Å². The summed E-state index contributed by atoms with van der Waals surface area (Å²) in [6.07, 6.45) is 1.51. The van der Waals surface area contributed by atoms with Crippen LogP contribution in [0.15, 0.2) is 34.7 Å². The van der Waals surface area contributed by atoms with Crippen LogP contribution in [0, 0.1) is 6.92 Å². The van der Waals surface area contributed by atoms with E-state index in [0.717, 1.165) is 0 Å². The van der Waals surface area contributed by atoms with Gasteiger partial charge in [0.1, 0.15) is 5.75 Å². The van der Waals surface area contributed by atoms with Crippen LogP contribution in [0.4, 0.5) is 5.13 Å². The molecule has 0 unspecified atom stereocenters. The van der Waals surface area contributed by atoms with E-state index in [1.54, 1.807) is 12.3 Å². The number of anilines is 1. The lowest BCUT2D eigenvalue weighted by molar-refractivity contribution is -0.142. The lowest BCUT2D eigenvalue weighted by Gasteiger charge is -2.10. The molecule has 118 valence electrons. The molecular formula is C13H14N2O5S2. The summed E-state index contributed by atoms with van der Waals surface area (Å²) in [5, 5.41) is 1.97. The van der Waals surface area contributed by atoms with Crippen molar-refractivity contribution in [2.75, 3.05) is 18.4 Å². The molecule has 0 amide bonds. The standard InChI is InChI=1S/C13H14N2O5S2/c1-9-7-10(3-4-11(9)20-8-12(16)19-2)22(17,18)15-13-14-5-6-21-13/h3-7H,8H2,1-2H3,(H,14,15). The molecule has 2 rings (SSSR count). The van der Waals surface area contributed by atoms with Crippen LogP contribution < -0.4 is 9.46 Å². The fraction of sp³-hybridized carbons (Fsp3) is 0.231. The van der Waals surface area contributed by atoms with Crippen molar-refractivity contribution in [1.29, 1.82) is 0 Å². The van der Waals surface area contributed by atoms with E-state index in [0.29, 0.717) is 16.4 Å². The summed E-state index contributed by atoms with van der Waals surface area (Å²) in [5.41, 5.74) is 0.589. The number of nitrogens with one attached hydrogen (secondary N) is 1. The van der Waals surface area contributed by atoms with Crippen molar-refractivity contribution in [2.24, 2.45) is 0 Å². The number of aromatic nitrogens is 1. The molecule has 0 spiro atoms. The maximum absolute atomic E-state index is 12.2. The van der Waals surface area contributed by atoms with Gasteiger partial charge in [0.2, 0.25) is 0 Å². The highest BCUT2D eigenvalue weighted by atomic mass is 32.2. The Morgan fingerprint density at radius 2 is 2.18 bits per heavy atom. The van der Waals surface area contributed by atoms with Crippen LogP contribution in [0.25, 0.3) is 0 Å². The number of rotatable bonds is 6. The Hall–Kier alpha value is -2.13. The second kappa shape index (κ2) is 6.75. The van der Waals surface area contributed by atoms with Crippen LogP contribution in [0.5, 0.6) is 5.75 Å². The number of carbonyl (C=O) groups excluding carboxylic acids is 1. The average Bonchev–Trinajstić information content (AvgIpc) is 2.97. The molecule has 0 saturated heterocycles. The van der Waals surface area contributed by atoms with Gasteiger partial charge in [0.05, 0.1) is 12.0 Å². The first-order valence-corrected chi connectivity index (χ1v) is 8.51. The van der Waals surface area contributed by atoms with E-state index in [4.69, 9.17) is 4.74 Å². The number of ether oxygens (including phenoxy) is 2. The first-order chi connectivity index (χ1) is 10.4. The molecule has 0 bridgehead atoms. The zero-order valence-corrected chi connectivity index (χ0v) is 13.5. The molecule has 0 aliphatic carbocycles. The van der Waals surface area contributed by atoms with Gasteiger partial charge in [-0.1, -0.05) is 0 Å². The Labute approximate surface area is 132 Å². The van der Waals surface area contributed by atoms with Gasteiger partial charge in [0, 0.05) is 11.6 Å². The molecule has 1 aromatic carbocycles. The van der Waals surface area contributed by atoms with Crippen molar-refractivity contribution < 1.29 is 22.7 Å². The number of methoxy groups -OCH3 is 1. The van der Waals surface area contributed by atoms with Gasteiger partial charge in [-0.25, -0.2) is 18.2 Å². The van der Waals surface area contributed by atoms with Crippen LogP contribution in [0.3, 0.4) is 0 Å². The Morgan fingerprint density at radius 3 is 2.77 bits per heavy atom. The molecule has 0 radical (unpaired) electrons. The van der Waals surface area contributed by atoms with Crippen LogP contribution in [0.1, 0.15) is 5.56 Å². The summed E-state index contributed by atoms with van der Waals surface area (Å²) in [7, 11) is -2.45. The third kappa shape index (κ3) is 3.95. The minimum absolute atomic E-state index is 0.0885. The number of aryl methyl sites for hydroxylation is 1. The van der Waals surface area contributed by atoms with E-state index in [1.165, 1.54) is 42.8 Å². The van der Waals surface area contributed by atoms with E-state index in [1.807, 2.05) is 0 Å². The molecule has 7 nitrogen and oxygen atoms in total. The fourth-order valence-corrected chi connectivity index (χ4v) is 3.47. The highest BCUT2D eigenvalue weighted by Gasteiger charge is 2.17. The summed E-state index contributed by atoms with van der Waals surface area (Å²) in [6, 6.07) is 4.35. The number of sulfonamides is 1. The fourth-order valence-electron chi connectivity index (χ4n) is 1.59. The third-order valence-corrected chi connectivity index (χ3v) is 4.84. The summed E-state index contributed by atoms with van der Waals surface area (Å²) in [4.78, 5) is 15.0. The molecule has 0 atom stereocenters. The first-order valence-electron chi connectivity index (χ1n) is 6.15. The maximum Gasteiger partial charge on any atom is 0.343 e. The Bertz CT molecular complexity index is 757. The summed E-state index contributed by atoms with van der Waals surface area (Å²) < 4.78 is 36.6. The number of hydrogen-bond acceptors (Lipinski definition) is 7. The number of thiazole rings is 1. The molecule has 22 heavy (non-hydrogen) atoms. The van der Waals surface area contributed by atoms with E-state index in [2.05, 4.69) is 14.4 Å². The summed E-state index contributed by atoms with van der Waals surface area (Å²) in [5.74, 6) is -0.0971. The zero-order valence-electron chi connectivity index (χ0n) is 11.9. The molecule has 2 aromatic rings. The Morgan fingerprint density at radius 1 is 1.41 bits per heavy atom. The van der Waals surface area contributed by atoms with Crippen molar-refractivity contribution in [3.8, 4) is 5.75 Å². The number of hydrogen-bond donors (Lipinski definition) is 1. The molecule has 0 aliphatic rings. The molecule has 1 aromatic heterocycles. The summed E-state index contributed by atoms with van der Waals surface area (Å²) in [6.45, 7) is 1.45. The smallest absolute Gasteiger partial charge is 0.343 e. The third-order valence-electron chi connectivity index (χ3n) is 2.68. The highest BCUT2D eigenvalue weighted by Crippen LogP contribution is 2.24. The number of carbonyl (C=O) groups is 1. The van der Waals surface area contributed by atoms with Gasteiger partial charge in [0.25, 0.3) is 10.0 Å². The van der Waals surface area contributed by atoms with Crippen LogP contribution in [-0.2, 0) is 19.6 Å². The quantitative estimate of drug-likeness (QED) is 0.805. The minimum atomic E-state index is -3.71. The van der Waals surface area contributed by atoms with Gasteiger partial charge in [-0.2, -0.15) is 0 Å². The van der Waals surface area contributed by atoms with E-state index >= 15 is 0 Å². The number of esters is 1. The van der Waals surface area contributed by atoms with Gasteiger partial charge in [-0.3, -0.25) is 4.72 Å². The molecule has 1 N–H and O–H groups in total. The van der Waals surface area contributed by atoms with Gasteiger partial charge in [0.15, 0.2) is 11.7 Å². The average molecular weight is 342 g/mol. The minimum Gasteiger partial charge on any atom is -0.482 e. The predicted molar refractivity (Wildman–Crippen MR) is 81.6 cm³/mol. The van der Waals surface area contributed by atoms with E-state index in [9.17, 15) is 13.2 Å². The Balaban J connectivity index is 2.16. The van der Waals surface area contributed by atoms with Gasteiger partial charge < -0.3 is 9.47 Å². The number of nitrogens with zero attached hydrogens (tertiary/aromatic N) is 1. The van der Waals surface area contributed by atoms with Crippen LogP contribution in [-0.4, -0.2) is 33.1 Å². The van der Waals surface area contributed by atoms with E-state index in [-0.39, 0.29) is 11.5 Å². The highest BCUT2D eigenvalue weighted by molar-refractivity contribution is 7.93. The van der Waals surface area contributed by atoms with Crippen molar-refractivity contribution >= 4 is 32.5 Å². The van der Waals surface area contributed by atoms with Crippen molar-refractivity contribution in [2.45, 2.75) is 11.8 Å². The normalized spacial score (nSPS) is 11.0. The SMILES string of the molecule is COC(=O)COc1ccc(S(=O)(=O)Nc2nccs2)cc1C. The monoisotopic (exact) mass is 342 g/mol. The molecule has 0 fully saturated rings. The van der Waals surface area contributed by atoms with Gasteiger partial charge >= 0.3 is 5.97 Å². The van der Waals surface area contributed by atoms with E-state index < -0.39 is 16.0 Å². The molecule has 9 heteroatoms. The van der Waals surface area contributed by atoms with Crippen molar-refractivity contribution in [3.05, 3.63) is 35.3 Å². The predicted octanol–water partition coefficient (Wildman–Crippen LogP) is 1.80. The van der Waals surface area contributed by atoms with Crippen molar-refractivity contribution in [1.82, 2.24) is 4.98 Å². The first kappa shape index (κ1) is 16.2. The van der Waals surface area contributed by atoms with Crippen LogP contribution in [0.2, 0.25) is 0 Å². The maximum atomic E-state index is 12.2. The second-order valence-electron chi connectivity index (χ2n) is 4.23. The van der Waals surface area contributed by atoms with Crippen molar-refractivity contribution in [3.63, 3.8) is 0 Å². The molecule has 0 saturated carbocycles. The number of benzene rings is 1. The lowest BCUT2D eigenvalue weighted by Crippen LogP contribution is -2.14. The second-order valence-corrected chi connectivity index (χ2v) is 6.81. The molecule has 0 aliphatic heterocycles. The van der Waals surface area contributed by atoms with Gasteiger partial charge in [-0.15, -0.1) is 11.3 Å². The molecule has 1 heterocycles. The Kier molecular flexibility index (Phi) is 4.99. The van der Waals surface area contributed by atoms with Crippen LogP contribution >= 0.6 is 11.3 Å². The largest absolute Gasteiger partial charge is 0.482 e. The van der Waals surface area contributed by atoms with Gasteiger partial charge in [-0.05, 0) is 30.7 Å².